The highest BCUT2D eigenvalue weighted by Crippen LogP contribution is 2.35. The number of likely N-dealkylation sites (tertiary alicyclic amines) is 1. The van der Waals surface area contributed by atoms with Crippen molar-refractivity contribution in [3.05, 3.63) is 47.2 Å². The Labute approximate surface area is 165 Å². The quantitative estimate of drug-likeness (QED) is 0.667. The minimum atomic E-state index is -4.56. The minimum Gasteiger partial charge on any atom is -0.329 e. The molecule has 154 valence electrons. The fourth-order valence-corrected chi connectivity index (χ4v) is 3.67. The molecule has 7 nitrogen and oxygen atoms in total. The summed E-state index contributed by atoms with van der Waals surface area (Å²) >= 11 is 0. The van der Waals surface area contributed by atoms with Gasteiger partial charge in [0.15, 0.2) is 5.65 Å². The maximum atomic E-state index is 13.6. The number of hydrogen-bond acceptors (Lipinski definition) is 4. The Hall–Kier alpha value is -2.91. The summed E-state index contributed by atoms with van der Waals surface area (Å²) in [6, 6.07) is 3.81. The van der Waals surface area contributed by atoms with Gasteiger partial charge in [-0.05, 0) is 30.9 Å². The SMILES string of the molecule is CC(C)c1cc(C(F)(F)F)n2nc(C3CCCN3C(=O)c3ccn(C)n3)cc2n1. The number of aromatic nitrogens is 5. The maximum absolute atomic E-state index is 13.6. The number of halogens is 3. The molecule has 0 saturated carbocycles. The Balaban J connectivity index is 1.76. The number of hydrogen-bond donors (Lipinski definition) is 0. The topological polar surface area (TPSA) is 68.3 Å². The molecule has 1 aliphatic rings. The van der Waals surface area contributed by atoms with Crippen molar-refractivity contribution in [3.63, 3.8) is 0 Å². The van der Waals surface area contributed by atoms with E-state index in [1.165, 1.54) is 4.68 Å². The van der Waals surface area contributed by atoms with Crippen molar-refractivity contribution >= 4 is 11.6 Å². The van der Waals surface area contributed by atoms with Gasteiger partial charge in [-0.15, -0.1) is 0 Å². The molecular formula is C19H21F3N6O. The van der Waals surface area contributed by atoms with Crippen molar-refractivity contribution in [1.29, 1.82) is 0 Å². The van der Waals surface area contributed by atoms with Gasteiger partial charge in [0.05, 0.1) is 11.7 Å². The van der Waals surface area contributed by atoms with Gasteiger partial charge < -0.3 is 4.90 Å². The van der Waals surface area contributed by atoms with Gasteiger partial charge in [-0.25, -0.2) is 9.50 Å². The van der Waals surface area contributed by atoms with E-state index in [1.54, 1.807) is 44.1 Å². The van der Waals surface area contributed by atoms with Gasteiger partial charge >= 0.3 is 6.18 Å². The molecule has 1 unspecified atom stereocenters. The first-order valence-electron chi connectivity index (χ1n) is 9.43. The fraction of sp³-hybridized carbons (Fsp3) is 0.474. The molecule has 4 rings (SSSR count). The van der Waals surface area contributed by atoms with Crippen molar-refractivity contribution in [1.82, 2.24) is 29.3 Å². The van der Waals surface area contributed by atoms with Gasteiger partial charge in [-0.2, -0.15) is 23.4 Å². The first-order valence-corrected chi connectivity index (χ1v) is 9.43. The van der Waals surface area contributed by atoms with E-state index in [-0.39, 0.29) is 17.5 Å². The number of amides is 1. The standard InChI is InChI=1S/C19H21F3N6O/c1-11(2)13-9-16(19(20,21)22)28-17(23-13)10-14(25-28)15-5-4-7-27(15)18(29)12-6-8-26(3)24-12/h6,8-11,15H,4-5,7H2,1-3H3. The number of carbonyl (C=O) groups is 1. The van der Waals surface area contributed by atoms with Crippen molar-refractivity contribution in [2.75, 3.05) is 6.54 Å². The second kappa shape index (κ2) is 6.85. The number of fused-ring (bicyclic) bond motifs is 1. The molecule has 1 atom stereocenters. The lowest BCUT2D eigenvalue weighted by Crippen LogP contribution is -2.31. The largest absolute Gasteiger partial charge is 0.433 e. The van der Waals surface area contributed by atoms with Crippen LogP contribution in [0, 0.1) is 0 Å². The summed E-state index contributed by atoms with van der Waals surface area (Å²) in [4.78, 5) is 18.8. The van der Waals surface area contributed by atoms with Gasteiger partial charge in [0.25, 0.3) is 5.91 Å². The molecule has 10 heteroatoms. The van der Waals surface area contributed by atoms with E-state index in [0.29, 0.717) is 30.0 Å². The van der Waals surface area contributed by atoms with Crippen LogP contribution in [0.5, 0.6) is 0 Å². The molecule has 1 aliphatic heterocycles. The van der Waals surface area contributed by atoms with E-state index in [1.807, 2.05) is 0 Å². The van der Waals surface area contributed by atoms with Crippen LogP contribution in [0.25, 0.3) is 5.65 Å². The molecule has 0 spiro atoms. The van der Waals surface area contributed by atoms with Gasteiger partial charge in [0.1, 0.15) is 11.4 Å². The summed E-state index contributed by atoms with van der Waals surface area (Å²) < 4.78 is 43.2. The van der Waals surface area contributed by atoms with Crippen molar-refractivity contribution < 1.29 is 18.0 Å². The second-order valence-electron chi connectivity index (χ2n) is 7.59. The van der Waals surface area contributed by atoms with Crippen LogP contribution in [-0.4, -0.2) is 41.7 Å². The van der Waals surface area contributed by atoms with E-state index in [2.05, 4.69) is 15.2 Å². The molecule has 0 aliphatic carbocycles. The maximum Gasteiger partial charge on any atom is 0.433 e. The predicted octanol–water partition coefficient (Wildman–Crippen LogP) is 3.58. The number of nitrogens with zero attached hydrogens (tertiary/aromatic N) is 6. The van der Waals surface area contributed by atoms with Crippen LogP contribution in [0.15, 0.2) is 24.4 Å². The first-order chi connectivity index (χ1) is 13.6. The average molecular weight is 406 g/mol. The zero-order valence-corrected chi connectivity index (χ0v) is 16.3. The highest BCUT2D eigenvalue weighted by Gasteiger charge is 2.37. The Morgan fingerprint density at radius 2 is 2.00 bits per heavy atom. The molecule has 1 amide bonds. The molecule has 1 saturated heterocycles. The third-order valence-corrected chi connectivity index (χ3v) is 5.14. The number of carbonyl (C=O) groups excluding carboxylic acids is 1. The highest BCUT2D eigenvalue weighted by atomic mass is 19.4. The van der Waals surface area contributed by atoms with Crippen LogP contribution < -0.4 is 0 Å². The molecule has 0 aromatic carbocycles. The lowest BCUT2D eigenvalue weighted by atomic mass is 10.1. The number of rotatable bonds is 3. The molecule has 0 bridgehead atoms. The lowest BCUT2D eigenvalue weighted by molar-refractivity contribution is -0.142. The van der Waals surface area contributed by atoms with Crippen molar-refractivity contribution in [2.24, 2.45) is 7.05 Å². The zero-order chi connectivity index (χ0) is 20.9. The summed E-state index contributed by atoms with van der Waals surface area (Å²) in [6.07, 6.45) is -1.52. The fourth-order valence-electron chi connectivity index (χ4n) is 3.67. The molecule has 0 N–H and O–H groups in total. The van der Waals surface area contributed by atoms with Crippen molar-refractivity contribution in [2.45, 2.75) is 44.8 Å². The highest BCUT2D eigenvalue weighted by molar-refractivity contribution is 5.92. The smallest absolute Gasteiger partial charge is 0.329 e. The third-order valence-electron chi connectivity index (χ3n) is 5.14. The summed E-state index contributed by atoms with van der Waals surface area (Å²) in [5.74, 6) is -0.412. The zero-order valence-electron chi connectivity index (χ0n) is 16.3. The average Bonchev–Trinajstić information content (AvgIpc) is 3.37. The number of aryl methyl sites for hydroxylation is 1. The Morgan fingerprint density at radius 1 is 1.24 bits per heavy atom. The van der Waals surface area contributed by atoms with Gasteiger partial charge in [0.2, 0.25) is 0 Å². The van der Waals surface area contributed by atoms with E-state index < -0.39 is 17.9 Å². The molecular weight excluding hydrogens is 385 g/mol. The minimum absolute atomic E-state index is 0.135. The van der Waals surface area contributed by atoms with Crippen LogP contribution >= 0.6 is 0 Å². The second-order valence-corrected chi connectivity index (χ2v) is 7.59. The first kappa shape index (κ1) is 19.4. The summed E-state index contributed by atoms with van der Waals surface area (Å²) in [5.41, 5.74) is 0.336. The normalized spacial score (nSPS) is 17.6. The summed E-state index contributed by atoms with van der Waals surface area (Å²) in [6.45, 7) is 4.09. The molecule has 0 radical (unpaired) electrons. The molecule has 4 heterocycles. The lowest BCUT2D eigenvalue weighted by Gasteiger charge is -2.22. The van der Waals surface area contributed by atoms with Crippen molar-refractivity contribution in [3.8, 4) is 0 Å². The molecule has 3 aromatic heterocycles. The Kier molecular flexibility index (Phi) is 4.59. The molecule has 1 fully saturated rings. The summed E-state index contributed by atoms with van der Waals surface area (Å²) in [7, 11) is 1.72. The van der Waals surface area contributed by atoms with Crippen LogP contribution in [0.1, 0.15) is 66.2 Å². The Bertz CT molecular complexity index is 1070. The molecule has 3 aromatic rings. The van der Waals surface area contributed by atoms with Crippen LogP contribution in [-0.2, 0) is 13.2 Å². The van der Waals surface area contributed by atoms with Gasteiger partial charge in [0, 0.05) is 31.5 Å². The van der Waals surface area contributed by atoms with Crippen LogP contribution in [0.2, 0.25) is 0 Å². The van der Waals surface area contributed by atoms with Gasteiger partial charge in [-0.1, -0.05) is 13.8 Å². The summed E-state index contributed by atoms with van der Waals surface area (Å²) in [5, 5.41) is 8.35. The van der Waals surface area contributed by atoms with Crippen LogP contribution in [0.3, 0.4) is 0 Å². The van der Waals surface area contributed by atoms with E-state index in [4.69, 9.17) is 0 Å². The van der Waals surface area contributed by atoms with Gasteiger partial charge in [-0.3, -0.25) is 9.48 Å². The number of alkyl halides is 3. The predicted molar refractivity (Wildman–Crippen MR) is 98.3 cm³/mol. The molecule has 29 heavy (non-hydrogen) atoms. The van der Waals surface area contributed by atoms with E-state index in [9.17, 15) is 18.0 Å². The third kappa shape index (κ3) is 3.47. The van der Waals surface area contributed by atoms with E-state index in [0.717, 1.165) is 17.0 Å². The van der Waals surface area contributed by atoms with E-state index >= 15 is 0 Å². The Morgan fingerprint density at radius 3 is 2.62 bits per heavy atom. The monoisotopic (exact) mass is 406 g/mol. The van der Waals surface area contributed by atoms with Crippen LogP contribution in [0.4, 0.5) is 13.2 Å².